The first kappa shape index (κ1) is 14.3. The molecule has 1 aromatic rings. The van der Waals surface area contributed by atoms with Gasteiger partial charge in [0.2, 0.25) is 17.8 Å². The summed E-state index contributed by atoms with van der Waals surface area (Å²) in [5.74, 6) is -0.421. The maximum absolute atomic E-state index is 11.8. The highest BCUT2D eigenvalue weighted by Crippen LogP contribution is 2.17. The summed E-state index contributed by atoms with van der Waals surface area (Å²) in [5, 5.41) is 2.31. The van der Waals surface area contributed by atoms with Gasteiger partial charge in [-0.25, -0.2) is 9.97 Å². The third-order valence-corrected chi connectivity index (χ3v) is 3.20. The number of nitrogens with zero attached hydrogens (tertiary/aromatic N) is 3. The van der Waals surface area contributed by atoms with Crippen molar-refractivity contribution in [2.45, 2.75) is 26.3 Å². The fourth-order valence-corrected chi connectivity index (χ4v) is 2.19. The smallest absolute Gasteiger partial charge is 0.249 e. The van der Waals surface area contributed by atoms with E-state index in [-0.39, 0.29) is 23.3 Å². The van der Waals surface area contributed by atoms with E-state index in [4.69, 9.17) is 18.0 Å². The number of aryl methyl sites for hydroxylation is 1. The number of rotatable bonds is 3. The number of carbonyl (C=O) groups is 2. The van der Waals surface area contributed by atoms with E-state index in [9.17, 15) is 9.59 Å². The van der Waals surface area contributed by atoms with Crippen molar-refractivity contribution in [2.75, 3.05) is 11.4 Å². The van der Waals surface area contributed by atoms with Gasteiger partial charge in [0.25, 0.3) is 0 Å². The molecule has 1 aromatic heterocycles. The number of piperazine rings is 1. The van der Waals surface area contributed by atoms with Crippen molar-refractivity contribution in [2.24, 2.45) is 5.73 Å². The molecule has 2 amide bonds. The number of hydrogen-bond acceptors (Lipinski definition) is 6. The zero-order valence-electron chi connectivity index (χ0n) is 11.2. The summed E-state index contributed by atoms with van der Waals surface area (Å²) in [4.78, 5) is 33.6. The van der Waals surface area contributed by atoms with Crippen molar-refractivity contribution in [1.29, 1.82) is 0 Å². The first-order chi connectivity index (χ1) is 9.42. The molecule has 1 saturated heterocycles. The van der Waals surface area contributed by atoms with Gasteiger partial charge >= 0.3 is 0 Å². The Morgan fingerprint density at radius 1 is 1.55 bits per heavy atom. The average molecular weight is 293 g/mol. The van der Waals surface area contributed by atoms with Crippen LogP contribution in [-0.4, -0.2) is 39.4 Å². The van der Waals surface area contributed by atoms with Gasteiger partial charge in [0.1, 0.15) is 23.3 Å². The highest BCUT2D eigenvalue weighted by atomic mass is 32.1. The third kappa shape index (κ3) is 2.74. The minimum atomic E-state index is -0.478. The van der Waals surface area contributed by atoms with Gasteiger partial charge in [0.05, 0.1) is 0 Å². The SMILES string of the molecule is CCC1C(=O)NC(=O)CN1c1nc(C)cc(C(N)=S)n1. The summed E-state index contributed by atoms with van der Waals surface area (Å²) in [6.07, 6.45) is 0.540. The molecule has 0 aliphatic carbocycles. The highest BCUT2D eigenvalue weighted by Gasteiger charge is 2.34. The Morgan fingerprint density at radius 3 is 2.85 bits per heavy atom. The van der Waals surface area contributed by atoms with Crippen LogP contribution in [0.5, 0.6) is 0 Å². The number of imide groups is 1. The molecule has 1 unspecified atom stereocenters. The zero-order valence-corrected chi connectivity index (χ0v) is 12.0. The first-order valence-electron chi connectivity index (χ1n) is 6.18. The van der Waals surface area contributed by atoms with Gasteiger partial charge in [0.15, 0.2) is 0 Å². The number of nitrogens with one attached hydrogen (secondary N) is 1. The summed E-state index contributed by atoms with van der Waals surface area (Å²) >= 11 is 4.91. The maximum Gasteiger partial charge on any atom is 0.249 e. The van der Waals surface area contributed by atoms with Gasteiger partial charge in [-0.1, -0.05) is 19.1 Å². The lowest BCUT2D eigenvalue weighted by molar-refractivity contribution is -0.133. The van der Waals surface area contributed by atoms with Crippen LogP contribution < -0.4 is 16.0 Å². The largest absolute Gasteiger partial charge is 0.388 e. The van der Waals surface area contributed by atoms with Gasteiger partial charge in [-0.05, 0) is 19.4 Å². The molecular formula is C12H15N5O2S. The predicted octanol–water partition coefficient (Wildman–Crippen LogP) is -0.339. The molecule has 1 aliphatic heterocycles. The average Bonchev–Trinajstić information content (AvgIpc) is 2.37. The van der Waals surface area contributed by atoms with E-state index in [2.05, 4.69) is 15.3 Å². The van der Waals surface area contributed by atoms with Crippen molar-refractivity contribution in [3.05, 3.63) is 17.5 Å². The lowest BCUT2D eigenvalue weighted by Gasteiger charge is -2.33. The van der Waals surface area contributed by atoms with Crippen LogP contribution in [0.1, 0.15) is 24.7 Å². The molecule has 0 spiro atoms. The Morgan fingerprint density at radius 2 is 2.25 bits per heavy atom. The quantitative estimate of drug-likeness (QED) is 0.580. The molecule has 0 aromatic carbocycles. The fraction of sp³-hybridized carbons (Fsp3) is 0.417. The van der Waals surface area contributed by atoms with E-state index in [0.717, 1.165) is 0 Å². The Labute approximate surface area is 121 Å². The Balaban J connectivity index is 2.44. The number of thiocarbonyl (C=S) groups is 1. The van der Waals surface area contributed by atoms with Crippen LogP contribution in [0.3, 0.4) is 0 Å². The number of nitrogens with two attached hydrogens (primary N) is 1. The van der Waals surface area contributed by atoms with Crippen molar-refractivity contribution < 1.29 is 9.59 Å². The summed E-state index contributed by atoms with van der Waals surface area (Å²) < 4.78 is 0. The van der Waals surface area contributed by atoms with Crippen LogP contribution in [0.25, 0.3) is 0 Å². The van der Waals surface area contributed by atoms with E-state index >= 15 is 0 Å². The molecule has 1 atom stereocenters. The molecule has 0 saturated carbocycles. The maximum atomic E-state index is 11.8. The second-order valence-corrected chi connectivity index (χ2v) is 4.96. The van der Waals surface area contributed by atoms with E-state index in [0.29, 0.717) is 23.8 Å². The Kier molecular flexibility index (Phi) is 3.93. The topological polar surface area (TPSA) is 101 Å². The number of aromatic nitrogens is 2. The monoisotopic (exact) mass is 293 g/mol. The molecule has 2 heterocycles. The lowest BCUT2D eigenvalue weighted by Crippen LogP contribution is -2.58. The molecule has 8 heteroatoms. The van der Waals surface area contributed by atoms with Crippen LogP contribution in [0.4, 0.5) is 5.95 Å². The van der Waals surface area contributed by atoms with Gasteiger partial charge in [-0.15, -0.1) is 0 Å². The predicted molar refractivity (Wildman–Crippen MR) is 77.2 cm³/mol. The van der Waals surface area contributed by atoms with Crippen LogP contribution >= 0.6 is 12.2 Å². The highest BCUT2D eigenvalue weighted by molar-refractivity contribution is 7.80. The molecule has 3 N–H and O–H groups in total. The molecule has 1 aliphatic rings. The van der Waals surface area contributed by atoms with Gasteiger partial charge in [-0.3, -0.25) is 14.9 Å². The first-order valence-corrected chi connectivity index (χ1v) is 6.59. The molecule has 20 heavy (non-hydrogen) atoms. The van der Waals surface area contributed by atoms with E-state index in [1.807, 2.05) is 6.92 Å². The number of hydrogen-bond donors (Lipinski definition) is 2. The normalized spacial score (nSPS) is 18.9. The second-order valence-electron chi connectivity index (χ2n) is 4.52. The van der Waals surface area contributed by atoms with Crippen molar-refractivity contribution in [3.8, 4) is 0 Å². The minimum Gasteiger partial charge on any atom is -0.388 e. The van der Waals surface area contributed by atoms with Crippen LogP contribution in [-0.2, 0) is 9.59 Å². The summed E-state index contributed by atoms with van der Waals surface area (Å²) in [5.41, 5.74) is 6.68. The molecule has 1 fully saturated rings. The summed E-state index contributed by atoms with van der Waals surface area (Å²) in [7, 11) is 0. The van der Waals surface area contributed by atoms with Crippen LogP contribution in [0.15, 0.2) is 6.07 Å². The van der Waals surface area contributed by atoms with Gasteiger partial charge in [0, 0.05) is 5.69 Å². The zero-order chi connectivity index (χ0) is 14.9. The van der Waals surface area contributed by atoms with E-state index in [1.165, 1.54) is 0 Å². The Bertz CT molecular complexity index is 589. The molecular weight excluding hydrogens is 278 g/mol. The molecule has 7 nitrogen and oxygen atoms in total. The van der Waals surface area contributed by atoms with E-state index < -0.39 is 6.04 Å². The molecule has 2 rings (SSSR count). The minimum absolute atomic E-state index is 0.0322. The summed E-state index contributed by atoms with van der Waals surface area (Å²) in [6.45, 7) is 3.67. The summed E-state index contributed by atoms with van der Waals surface area (Å²) in [6, 6.07) is 1.19. The number of amides is 2. The third-order valence-electron chi connectivity index (χ3n) is 2.99. The Hall–Kier alpha value is -2.09. The number of carbonyl (C=O) groups excluding carboxylic acids is 2. The van der Waals surface area contributed by atoms with Gasteiger partial charge in [-0.2, -0.15) is 0 Å². The lowest BCUT2D eigenvalue weighted by atomic mass is 10.1. The van der Waals surface area contributed by atoms with Crippen molar-refractivity contribution in [3.63, 3.8) is 0 Å². The van der Waals surface area contributed by atoms with Crippen molar-refractivity contribution >= 4 is 35.0 Å². The van der Waals surface area contributed by atoms with E-state index in [1.54, 1.807) is 17.9 Å². The van der Waals surface area contributed by atoms with Crippen molar-refractivity contribution in [1.82, 2.24) is 15.3 Å². The fourth-order valence-electron chi connectivity index (χ4n) is 2.09. The van der Waals surface area contributed by atoms with Crippen LogP contribution in [0, 0.1) is 6.92 Å². The molecule has 0 radical (unpaired) electrons. The standard InChI is InChI=1S/C12H15N5O2S/c1-3-8-11(19)16-9(18)5-17(8)12-14-6(2)4-7(15-12)10(13)20/h4,8H,3,5H2,1-2H3,(H2,13,20)(H,16,18,19). The molecule has 106 valence electrons. The number of anilines is 1. The van der Waals surface area contributed by atoms with Gasteiger partial charge < -0.3 is 10.6 Å². The second kappa shape index (κ2) is 5.49. The molecule has 0 bridgehead atoms. The van der Waals surface area contributed by atoms with Crippen LogP contribution in [0.2, 0.25) is 0 Å².